The zero-order valence-corrected chi connectivity index (χ0v) is 18.9. The first-order valence-corrected chi connectivity index (χ1v) is 11.6. The second-order valence-corrected chi connectivity index (χ2v) is 9.19. The minimum absolute atomic E-state index is 0.0741. The van der Waals surface area contributed by atoms with Crippen LogP contribution >= 0.6 is 11.6 Å². The molecule has 2 fully saturated rings. The average molecular weight is 463 g/mol. The standard InChI is InChI=1S/C25H31ClO6/c1-15(31-20-7-8-20)14-30-19-5-2-16(3-6-19)10-18-11-17(4-9-22(18)26)25-24(29)23(28)12-21(13-27)32-25/h2-6,9,11,15,20-21,23-25,27-29H,7-8,10,12-14H2,1H3/t15?,21-,23-,24+,25-/m0/s1. The van der Waals surface area contributed by atoms with Crippen molar-refractivity contribution in [2.24, 2.45) is 0 Å². The van der Waals surface area contributed by atoms with Gasteiger partial charge < -0.3 is 29.5 Å². The van der Waals surface area contributed by atoms with Crippen molar-refractivity contribution >= 4 is 11.6 Å². The lowest BCUT2D eigenvalue weighted by molar-refractivity contribution is -0.179. The molecule has 174 valence electrons. The minimum Gasteiger partial charge on any atom is -0.491 e. The average Bonchev–Trinajstić information content (AvgIpc) is 3.60. The van der Waals surface area contributed by atoms with Gasteiger partial charge in [0.2, 0.25) is 0 Å². The number of hydrogen-bond acceptors (Lipinski definition) is 6. The fourth-order valence-corrected chi connectivity index (χ4v) is 4.15. The third kappa shape index (κ3) is 6.01. The van der Waals surface area contributed by atoms with Gasteiger partial charge in [0.15, 0.2) is 0 Å². The Kier molecular flexibility index (Phi) is 7.71. The van der Waals surface area contributed by atoms with E-state index in [2.05, 4.69) is 0 Å². The molecule has 1 saturated heterocycles. The molecule has 1 unspecified atom stereocenters. The van der Waals surface area contributed by atoms with Crippen LogP contribution < -0.4 is 4.74 Å². The molecule has 1 aliphatic heterocycles. The van der Waals surface area contributed by atoms with E-state index in [0.717, 1.165) is 35.3 Å². The summed E-state index contributed by atoms with van der Waals surface area (Å²) in [5.74, 6) is 0.794. The molecule has 3 N–H and O–H groups in total. The Morgan fingerprint density at radius 1 is 1.12 bits per heavy atom. The second-order valence-electron chi connectivity index (χ2n) is 8.78. The Morgan fingerprint density at radius 2 is 1.88 bits per heavy atom. The molecule has 5 atom stereocenters. The molecule has 1 aliphatic carbocycles. The molecular weight excluding hydrogens is 432 g/mol. The number of ether oxygens (including phenoxy) is 3. The number of benzene rings is 2. The smallest absolute Gasteiger partial charge is 0.119 e. The van der Waals surface area contributed by atoms with E-state index in [1.165, 1.54) is 0 Å². The van der Waals surface area contributed by atoms with Gasteiger partial charge in [-0.1, -0.05) is 35.9 Å². The maximum atomic E-state index is 10.4. The Hall–Kier alpha value is -1.67. The fourth-order valence-electron chi connectivity index (χ4n) is 3.96. The topological polar surface area (TPSA) is 88.4 Å². The number of halogens is 1. The highest BCUT2D eigenvalue weighted by Gasteiger charge is 2.37. The molecule has 0 radical (unpaired) electrons. The van der Waals surface area contributed by atoms with Crippen LogP contribution in [0.15, 0.2) is 42.5 Å². The van der Waals surface area contributed by atoms with Crippen molar-refractivity contribution in [3.63, 3.8) is 0 Å². The van der Waals surface area contributed by atoms with Crippen molar-refractivity contribution in [2.75, 3.05) is 13.2 Å². The normalized spacial score (nSPS) is 26.7. The van der Waals surface area contributed by atoms with Crippen LogP contribution in [0.1, 0.15) is 49.0 Å². The van der Waals surface area contributed by atoms with Crippen molar-refractivity contribution in [3.8, 4) is 5.75 Å². The van der Waals surface area contributed by atoms with Gasteiger partial charge >= 0.3 is 0 Å². The maximum Gasteiger partial charge on any atom is 0.119 e. The van der Waals surface area contributed by atoms with Gasteiger partial charge in [-0.05, 0) is 61.1 Å². The van der Waals surface area contributed by atoms with Crippen LogP contribution in [-0.4, -0.2) is 59.1 Å². The van der Waals surface area contributed by atoms with E-state index in [-0.39, 0.29) is 19.1 Å². The molecule has 1 heterocycles. The first kappa shape index (κ1) is 23.5. The molecule has 6 nitrogen and oxygen atoms in total. The van der Waals surface area contributed by atoms with Crippen LogP contribution in [0.2, 0.25) is 5.02 Å². The van der Waals surface area contributed by atoms with E-state index >= 15 is 0 Å². The fraction of sp³-hybridized carbons (Fsp3) is 0.520. The van der Waals surface area contributed by atoms with Crippen LogP contribution in [0.3, 0.4) is 0 Å². The third-order valence-electron chi connectivity index (χ3n) is 5.90. The lowest BCUT2D eigenvalue weighted by atomic mass is 9.91. The number of aliphatic hydroxyl groups excluding tert-OH is 3. The maximum absolute atomic E-state index is 10.4. The predicted octanol–water partition coefficient (Wildman–Crippen LogP) is 3.42. The highest BCUT2D eigenvalue weighted by molar-refractivity contribution is 6.31. The Bertz CT molecular complexity index is 885. The molecule has 0 aromatic heterocycles. The highest BCUT2D eigenvalue weighted by Crippen LogP contribution is 2.34. The molecule has 0 amide bonds. The summed E-state index contributed by atoms with van der Waals surface area (Å²) in [7, 11) is 0. The number of hydrogen-bond donors (Lipinski definition) is 3. The van der Waals surface area contributed by atoms with Crippen LogP contribution in [0.4, 0.5) is 0 Å². The van der Waals surface area contributed by atoms with Crippen LogP contribution in [-0.2, 0) is 15.9 Å². The summed E-state index contributed by atoms with van der Waals surface area (Å²) in [6.45, 7) is 2.34. The quantitative estimate of drug-likeness (QED) is 0.529. The first-order valence-electron chi connectivity index (χ1n) is 11.2. The van der Waals surface area contributed by atoms with Gasteiger partial charge in [0.1, 0.15) is 24.6 Å². The highest BCUT2D eigenvalue weighted by atomic mass is 35.5. The lowest BCUT2D eigenvalue weighted by Crippen LogP contribution is -2.44. The van der Waals surface area contributed by atoms with Crippen LogP contribution in [0, 0.1) is 0 Å². The van der Waals surface area contributed by atoms with Gasteiger partial charge in [-0.3, -0.25) is 0 Å². The summed E-state index contributed by atoms with van der Waals surface area (Å²) in [5, 5.41) is 30.6. The van der Waals surface area contributed by atoms with E-state index in [1.54, 1.807) is 12.1 Å². The number of aliphatic hydroxyl groups is 3. The van der Waals surface area contributed by atoms with Gasteiger partial charge in [0.25, 0.3) is 0 Å². The molecule has 2 aromatic carbocycles. The zero-order chi connectivity index (χ0) is 22.7. The van der Waals surface area contributed by atoms with Gasteiger partial charge in [0, 0.05) is 11.4 Å². The largest absolute Gasteiger partial charge is 0.491 e. The van der Waals surface area contributed by atoms with E-state index in [9.17, 15) is 15.3 Å². The summed E-state index contributed by atoms with van der Waals surface area (Å²) in [6, 6.07) is 13.3. The zero-order valence-electron chi connectivity index (χ0n) is 18.2. The molecular formula is C25H31ClO6. The third-order valence-corrected chi connectivity index (χ3v) is 6.27. The Labute approximate surface area is 193 Å². The predicted molar refractivity (Wildman–Crippen MR) is 121 cm³/mol. The SMILES string of the molecule is CC(COc1ccc(Cc2cc([C@@H]3O[C@H](CO)C[C@H](O)[C@H]3O)ccc2Cl)cc1)OC1CC1. The van der Waals surface area contributed by atoms with Crippen LogP contribution in [0.25, 0.3) is 0 Å². The summed E-state index contributed by atoms with van der Waals surface area (Å²) in [6.07, 6.45) is 0.347. The van der Waals surface area contributed by atoms with Crippen molar-refractivity contribution in [1.82, 2.24) is 0 Å². The molecule has 2 aliphatic rings. The Balaban J connectivity index is 1.40. The van der Waals surface area contributed by atoms with Crippen LogP contribution in [0.5, 0.6) is 5.75 Å². The van der Waals surface area contributed by atoms with Gasteiger partial charge in [-0.15, -0.1) is 0 Å². The molecule has 7 heteroatoms. The lowest BCUT2D eigenvalue weighted by Gasteiger charge is -2.37. The van der Waals surface area contributed by atoms with Crippen molar-refractivity contribution in [1.29, 1.82) is 0 Å². The summed E-state index contributed by atoms with van der Waals surface area (Å²) in [5.41, 5.74) is 2.68. The molecule has 32 heavy (non-hydrogen) atoms. The van der Waals surface area contributed by atoms with Crippen molar-refractivity contribution in [2.45, 2.75) is 69.2 Å². The second kappa shape index (κ2) is 10.5. The van der Waals surface area contributed by atoms with E-state index in [4.69, 9.17) is 25.8 Å². The van der Waals surface area contributed by atoms with Gasteiger partial charge in [0.05, 0.1) is 31.0 Å². The molecule has 0 spiro atoms. The van der Waals surface area contributed by atoms with E-state index in [0.29, 0.717) is 24.2 Å². The molecule has 2 aromatic rings. The first-order chi connectivity index (χ1) is 15.4. The molecule has 4 rings (SSSR count). The van der Waals surface area contributed by atoms with Gasteiger partial charge in [-0.25, -0.2) is 0 Å². The number of rotatable bonds is 9. The summed E-state index contributed by atoms with van der Waals surface area (Å²) in [4.78, 5) is 0. The summed E-state index contributed by atoms with van der Waals surface area (Å²) < 4.78 is 17.4. The van der Waals surface area contributed by atoms with Crippen molar-refractivity contribution < 1.29 is 29.5 Å². The van der Waals surface area contributed by atoms with Gasteiger partial charge in [-0.2, -0.15) is 0 Å². The minimum atomic E-state index is -1.06. The molecule has 0 bridgehead atoms. The molecule has 1 saturated carbocycles. The summed E-state index contributed by atoms with van der Waals surface area (Å²) >= 11 is 6.44. The Morgan fingerprint density at radius 3 is 2.56 bits per heavy atom. The van der Waals surface area contributed by atoms with E-state index < -0.39 is 24.4 Å². The van der Waals surface area contributed by atoms with Crippen molar-refractivity contribution in [3.05, 3.63) is 64.2 Å². The monoisotopic (exact) mass is 462 g/mol. The van der Waals surface area contributed by atoms with E-state index in [1.807, 2.05) is 37.3 Å².